The summed E-state index contributed by atoms with van der Waals surface area (Å²) >= 11 is 0. The normalized spacial score (nSPS) is 11.0. The predicted molar refractivity (Wildman–Crippen MR) is 90.5 cm³/mol. The number of nitrogens with zero attached hydrogens (tertiary/aromatic N) is 1. The van der Waals surface area contributed by atoms with E-state index in [4.69, 9.17) is 4.74 Å². The molecule has 0 aliphatic rings. The fourth-order valence-electron chi connectivity index (χ4n) is 2.58. The summed E-state index contributed by atoms with van der Waals surface area (Å²) in [6.45, 7) is 7.22. The van der Waals surface area contributed by atoms with Crippen LogP contribution in [0.2, 0.25) is 0 Å². The Balaban J connectivity index is 2.57. The van der Waals surface area contributed by atoms with Crippen LogP contribution >= 0.6 is 0 Å². The average molecular weight is 300 g/mol. The zero-order chi connectivity index (χ0) is 16.1. The zero-order valence-corrected chi connectivity index (χ0v) is 13.7. The molecule has 118 valence electrons. The van der Waals surface area contributed by atoms with Crippen LogP contribution in [0.1, 0.15) is 32.4 Å². The van der Waals surface area contributed by atoms with E-state index in [0.29, 0.717) is 13.2 Å². The summed E-state index contributed by atoms with van der Waals surface area (Å²) in [5.74, 6) is 0.821. The molecule has 0 saturated heterocycles. The van der Waals surface area contributed by atoms with Crippen molar-refractivity contribution < 1.29 is 4.74 Å². The van der Waals surface area contributed by atoms with Crippen LogP contribution in [0.3, 0.4) is 0 Å². The van der Waals surface area contributed by atoms with Crippen molar-refractivity contribution in [1.82, 2.24) is 9.88 Å². The van der Waals surface area contributed by atoms with Gasteiger partial charge in [-0.25, -0.2) is 0 Å². The first-order valence-corrected chi connectivity index (χ1v) is 7.70. The van der Waals surface area contributed by atoms with Gasteiger partial charge >= 0.3 is 0 Å². The van der Waals surface area contributed by atoms with Gasteiger partial charge in [-0.05, 0) is 46.0 Å². The van der Waals surface area contributed by atoms with Crippen LogP contribution in [0.4, 0.5) is 0 Å². The molecule has 4 heteroatoms. The SMILES string of the molecule is CCOc1cccc(-c2ccc(CNC)c(=O)n2C(C)C)c1. The number of hydrogen-bond donors (Lipinski definition) is 1. The van der Waals surface area contributed by atoms with Crippen molar-refractivity contribution in [3.63, 3.8) is 0 Å². The minimum Gasteiger partial charge on any atom is -0.494 e. The quantitative estimate of drug-likeness (QED) is 0.891. The first-order valence-electron chi connectivity index (χ1n) is 7.70. The topological polar surface area (TPSA) is 43.3 Å². The van der Waals surface area contributed by atoms with Crippen molar-refractivity contribution in [2.75, 3.05) is 13.7 Å². The smallest absolute Gasteiger partial charge is 0.255 e. The maximum Gasteiger partial charge on any atom is 0.255 e. The number of ether oxygens (including phenoxy) is 1. The summed E-state index contributed by atoms with van der Waals surface area (Å²) in [5, 5.41) is 3.04. The van der Waals surface area contributed by atoms with E-state index < -0.39 is 0 Å². The molecule has 1 N–H and O–H groups in total. The molecule has 1 heterocycles. The van der Waals surface area contributed by atoms with E-state index in [1.165, 1.54) is 0 Å². The van der Waals surface area contributed by atoms with E-state index in [9.17, 15) is 4.79 Å². The minimum atomic E-state index is 0.0589. The first-order chi connectivity index (χ1) is 10.6. The number of benzene rings is 1. The molecule has 0 aliphatic carbocycles. The Bertz CT molecular complexity index is 690. The molecular weight excluding hydrogens is 276 g/mol. The van der Waals surface area contributed by atoms with Crippen LogP contribution in [-0.4, -0.2) is 18.2 Å². The summed E-state index contributed by atoms with van der Waals surface area (Å²) in [6.07, 6.45) is 0. The highest BCUT2D eigenvalue weighted by atomic mass is 16.5. The average Bonchev–Trinajstić information content (AvgIpc) is 2.49. The summed E-state index contributed by atoms with van der Waals surface area (Å²) in [4.78, 5) is 12.7. The highest BCUT2D eigenvalue weighted by Gasteiger charge is 2.13. The van der Waals surface area contributed by atoms with Crippen molar-refractivity contribution in [2.24, 2.45) is 0 Å². The molecule has 0 spiro atoms. The van der Waals surface area contributed by atoms with Crippen molar-refractivity contribution in [3.05, 3.63) is 52.3 Å². The highest BCUT2D eigenvalue weighted by Crippen LogP contribution is 2.25. The lowest BCUT2D eigenvalue weighted by atomic mass is 10.1. The molecule has 0 unspecified atom stereocenters. The second-order valence-electron chi connectivity index (χ2n) is 5.50. The molecule has 0 fully saturated rings. The Hall–Kier alpha value is -2.07. The second kappa shape index (κ2) is 7.27. The molecule has 22 heavy (non-hydrogen) atoms. The van der Waals surface area contributed by atoms with Gasteiger partial charge in [-0.3, -0.25) is 4.79 Å². The molecule has 2 aromatic rings. The van der Waals surface area contributed by atoms with Gasteiger partial charge in [-0.2, -0.15) is 0 Å². The number of nitrogens with one attached hydrogen (secondary N) is 1. The highest BCUT2D eigenvalue weighted by molar-refractivity contribution is 5.62. The minimum absolute atomic E-state index is 0.0589. The Kier molecular flexibility index (Phi) is 5.39. The van der Waals surface area contributed by atoms with Crippen molar-refractivity contribution >= 4 is 0 Å². The van der Waals surface area contributed by atoms with Gasteiger partial charge in [-0.15, -0.1) is 0 Å². The number of rotatable bonds is 6. The van der Waals surface area contributed by atoms with Crippen LogP contribution in [0.25, 0.3) is 11.3 Å². The lowest BCUT2D eigenvalue weighted by Crippen LogP contribution is -2.28. The molecular formula is C18H24N2O2. The van der Waals surface area contributed by atoms with E-state index in [2.05, 4.69) is 5.32 Å². The maximum absolute atomic E-state index is 12.7. The van der Waals surface area contributed by atoms with E-state index >= 15 is 0 Å². The molecule has 1 aromatic heterocycles. The number of hydrogen-bond acceptors (Lipinski definition) is 3. The molecule has 4 nitrogen and oxygen atoms in total. The molecule has 0 amide bonds. The molecule has 1 aromatic carbocycles. The van der Waals surface area contributed by atoms with Crippen LogP contribution in [0.5, 0.6) is 5.75 Å². The van der Waals surface area contributed by atoms with Gasteiger partial charge in [0.25, 0.3) is 5.56 Å². The third kappa shape index (κ3) is 3.39. The van der Waals surface area contributed by atoms with Crippen molar-refractivity contribution in [1.29, 1.82) is 0 Å². The Morgan fingerprint density at radius 2 is 2.00 bits per heavy atom. The third-order valence-corrected chi connectivity index (χ3v) is 3.52. The van der Waals surface area contributed by atoms with Crippen LogP contribution in [0, 0.1) is 0 Å². The number of pyridine rings is 1. The number of aromatic nitrogens is 1. The Labute approximate surface area is 131 Å². The van der Waals surface area contributed by atoms with E-state index in [1.807, 2.05) is 68.8 Å². The van der Waals surface area contributed by atoms with Crippen molar-refractivity contribution in [3.8, 4) is 17.0 Å². The van der Waals surface area contributed by atoms with Gasteiger partial charge in [-0.1, -0.05) is 18.2 Å². The standard InChI is InChI=1S/C18H24N2O2/c1-5-22-16-8-6-7-14(11-16)17-10-9-15(12-19-4)18(21)20(17)13(2)3/h6-11,13,19H,5,12H2,1-4H3. The second-order valence-corrected chi connectivity index (χ2v) is 5.50. The van der Waals surface area contributed by atoms with Gasteiger partial charge in [0.2, 0.25) is 0 Å². The summed E-state index contributed by atoms with van der Waals surface area (Å²) in [5.41, 5.74) is 2.75. The van der Waals surface area contributed by atoms with E-state index in [1.54, 1.807) is 0 Å². The van der Waals surface area contributed by atoms with Crippen LogP contribution in [0.15, 0.2) is 41.2 Å². The summed E-state index contributed by atoms with van der Waals surface area (Å²) in [6, 6.07) is 11.9. The van der Waals surface area contributed by atoms with Gasteiger partial charge in [0.05, 0.1) is 12.3 Å². The van der Waals surface area contributed by atoms with E-state index in [0.717, 1.165) is 22.6 Å². The first kappa shape index (κ1) is 16.3. The van der Waals surface area contributed by atoms with Crippen LogP contribution in [-0.2, 0) is 6.54 Å². The fraction of sp³-hybridized carbons (Fsp3) is 0.389. The molecule has 0 bridgehead atoms. The fourth-order valence-corrected chi connectivity index (χ4v) is 2.58. The van der Waals surface area contributed by atoms with Gasteiger partial charge in [0, 0.05) is 23.7 Å². The van der Waals surface area contributed by atoms with Gasteiger partial charge in [0.1, 0.15) is 5.75 Å². The third-order valence-electron chi connectivity index (χ3n) is 3.52. The largest absolute Gasteiger partial charge is 0.494 e. The molecule has 0 aliphatic heterocycles. The lowest BCUT2D eigenvalue weighted by Gasteiger charge is -2.18. The zero-order valence-electron chi connectivity index (χ0n) is 13.7. The van der Waals surface area contributed by atoms with Gasteiger partial charge < -0.3 is 14.6 Å². The van der Waals surface area contributed by atoms with Crippen molar-refractivity contribution in [2.45, 2.75) is 33.4 Å². The Morgan fingerprint density at radius 1 is 1.23 bits per heavy atom. The molecule has 0 saturated carbocycles. The maximum atomic E-state index is 12.7. The summed E-state index contributed by atoms with van der Waals surface area (Å²) in [7, 11) is 1.85. The van der Waals surface area contributed by atoms with Crippen LogP contribution < -0.4 is 15.6 Å². The molecule has 2 rings (SSSR count). The Morgan fingerprint density at radius 3 is 2.64 bits per heavy atom. The predicted octanol–water partition coefficient (Wildman–Crippen LogP) is 3.21. The summed E-state index contributed by atoms with van der Waals surface area (Å²) < 4.78 is 7.41. The lowest BCUT2D eigenvalue weighted by molar-refractivity contribution is 0.340. The van der Waals surface area contributed by atoms with E-state index in [-0.39, 0.29) is 11.6 Å². The molecule has 0 atom stereocenters. The molecule has 0 radical (unpaired) electrons. The van der Waals surface area contributed by atoms with Gasteiger partial charge in [0.15, 0.2) is 0 Å². The monoisotopic (exact) mass is 300 g/mol.